The number of hydrogen-bond acceptors (Lipinski definition) is 1. The molecule has 2 heteroatoms. The standard InChI is InChI=1S/C12H21NSi/c1-4-14(5-2,6-3)12-9-7-8-11(13)10-12/h7-10H,4-6,13H2,1-3H3. The number of nitrogen functional groups attached to an aromatic ring is 1. The van der Waals surface area contributed by atoms with Crippen LogP contribution in [0.25, 0.3) is 0 Å². The van der Waals surface area contributed by atoms with Crippen LogP contribution in [-0.2, 0) is 0 Å². The first-order valence-corrected chi connectivity index (χ1v) is 8.16. The van der Waals surface area contributed by atoms with Gasteiger partial charge >= 0.3 is 0 Å². The van der Waals surface area contributed by atoms with E-state index in [-0.39, 0.29) is 0 Å². The van der Waals surface area contributed by atoms with E-state index in [4.69, 9.17) is 5.73 Å². The fraction of sp³-hybridized carbons (Fsp3) is 0.500. The molecule has 0 saturated heterocycles. The second-order valence-corrected chi connectivity index (χ2v) is 9.23. The Morgan fingerprint density at radius 2 is 1.64 bits per heavy atom. The number of rotatable bonds is 4. The Kier molecular flexibility index (Phi) is 3.75. The topological polar surface area (TPSA) is 26.0 Å². The second-order valence-electron chi connectivity index (χ2n) is 3.97. The van der Waals surface area contributed by atoms with Gasteiger partial charge in [-0.3, -0.25) is 0 Å². The van der Waals surface area contributed by atoms with Crippen molar-refractivity contribution in [2.24, 2.45) is 0 Å². The van der Waals surface area contributed by atoms with Gasteiger partial charge in [0.25, 0.3) is 0 Å². The molecule has 1 nitrogen and oxygen atoms in total. The van der Waals surface area contributed by atoms with E-state index in [0.717, 1.165) is 5.69 Å². The minimum Gasteiger partial charge on any atom is -0.399 e. The second kappa shape index (κ2) is 4.65. The predicted octanol–water partition coefficient (Wildman–Crippen LogP) is 2.98. The summed E-state index contributed by atoms with van der Waals surface area (Å²) < 4.78 is 0. The van der Waals surface area contributed by atoms with E-state index in [1.54, 1.807) is 0 Å². The van der Waals surface area contributed by atoms with Crippen LogP contribution in [0.4, 0.5) is 5.69 Å². The van der Waals surface area contributed by atoms with Gasteiger partial charge in [0.15, 0.2) is 0 Å². The molecule has 0 spiro atoms. The highest BCUT2D eigenvalue weighted by Crippen LogP contribution is 2.20. The Bertz CT molecular complexity index is 284. The first-order chi connectivity index (χ1) is 6.68. The monoisotopic (exact) mass is 207 g/mol. The maximum atomic E-state index is 5.84. The summed E-state index contributed by atoms with van der Waals surface area (Å²) in [5.41, 5.74) is 6.75. The van der Waals surface area contributed by atoms with Gasteiger partial charge in [0.1, 0.15) is 0 Å². The number of benzene rings is 1. The lowest BCUT2D eigenvalue weighted by molar-refractivity contribution is 1.19. The quantitative estimate of drug-likeness (QED) is 0.596. The van der Waals surface area contributed by atoms with E-state index in [9.17, 15) is 0 Å². The molecule has 0 radical (unpaired) electrons. The van der Waals surface area contributed by atoms with Crippen molar-refractivity contribution in [3.05, 3.63) is 24.3 Å². The molecule has 14 heavy (non-hydrogen) atoms. The lowest BCUT2D eigenvalue weighted by Crippen LogP contribution is -2.45. The molecule has 1 aromatic rings. The van der Waals surface area contributed by atoms with Crippen LogP contribution in [0.2, 0.25) is 18.1 Å². The van der Waals surface area contributed by atoms with Crippen LogP contribution in [0.3, 0.4) is 0 Å². The van der Waals surface area contributed by atoms with Gasteiger partial charge in [0.2, 0.25) is 0 Å². The van der Waals surface area contributed by atoms with Gasteiger partial charge in [-0.25, -0.2) is 0 Å². The highest BCUT2D eigenvalue weighted by atomic mass is 28.3. The SMILES string of the molecule is CC[Si](CC)(CC)c1cccc(N)c1. The van der Waals surface area contributed by atoms with Crippen LogP contribution in [0.5, 0.6) is 0 Å². The Labute approximate surface area is 88.3 Å². The molecule has 0 amide bonds. The van der Waals surface area contributed by atoms with Gasteiger partial charge < -0.3 is 5.73 Å². The predicted molar refractivity (Wildman–Crippen MR) is 67.7 cm³/mol. The molecule has 0 atom stereocenters. The number of nitrogens with two attached hydrogens (primary N) is 1. The van der Waals surface area contributed by atoms with Crippen molar-refractivity contribution in [2.75, 3.05) is 5.73 Å². The first kappa shape index (κ1) is 11.3. The Hall–Kier alpha value is -0.763. The summed E-state index contributed by atoms with van der Waals surface area (Å²) in [6.07, 6.45) is 0. The molecular formula is C12H21NSi. The first-order valence-electron chi connectivity index (χ1n) is 5.54. The van der Waals surface area contributed by atoms with E-state index in [1.165, 1.54) is 23.3 Å². The van der Waals surface area contributed by atoms with Crippen LogP contribution >= 0.6 is 0 Å². The molecule has 0 unspecified atom stereocenters. The van der Waals surface area contributed by atoms with E-state index >= 15 is 0 Å². The molecule has 0 fully saturated rings. The van der Waals surface area contributed by atoms with Crippen molar-refractivity contribution in [1.82, 2.24) is 0 Å². The maximum absolute atomic E-state index is 5.84. The fourth-order valence-electron chi connectivity index (χ4n) is 2.23. The third-order valence-electron chi connectivity index (χ3n) is 3.53. The van der Waals surface area contributed by atoms with Crippen LogP contribution in [0.15, 0.2) is 24.3 Å². The van der Waals surface area contributed by atoms with Crippen molar-refractivity contribution in [1.29, 1.82) is 0 Å². The van der Waals surface area contributed by atoms with Crippen LogP contribution in [0.1, 0.15) is 20.8 Å². The van der Waals surface area contributed by atoms with E-state index < -0.39 is 8.07 Å². The zero-order valence-electron chi connectivity index (χ0n) is 9.51. The maximum Gasteiger partial charge on any atom is 0.0860 e. The molecule has 0 aromatic heterocycles. The minimum absolute atomic E-state index is 0.912. The van der Waals surface area contributed by atoms with Crippen molar-refractivity contribution in [2.45, 2.75) is 38.9 Å². The van der Waals surface area contributed by atoms with Gasteiger partial charge in [-0.05, 0) is 12.1 Å². The summed E-state index contributed by atoms with van der Waals surface area (Å²) >= 11 is 0. The van der Waals surface area contributed by atoms with Gasteiger partial charge in [0, 0.05) is 5.69 Å². The molecule has 1 aromatic carbocycles. The van der Waals surface area contributed by atoms with Crippen LogP contribution in [-0.4, -0.2) is 8.07 Å². The van der Waals surface area contributed by atoms with Crippen molar-refractivity contribution in [3.8, 4) is 0 Å². The zero-order valence-corrected chi connectivity index (χ0v) is 10.5. The number of hydrogen-bond donors (Lipinski definition) is 1. The molecule has 0 aliphatic carbocycles. The van der Waals surface area contributed by atoms with Crippen molar-refractivity contribution in [3.63, 3.8) is 0 Å². The summed E-state index contributed by atoms with van der Waals surface area (Å²) in [6.45, 7) is 6.97. The molecule has 1 rings (SSSR count). The molecule has 0 saturated carbocycles. The third kappa shape index (κ3) is 2.00. The average Bonchev–Trinajstić information content (AvgIpc) is 2.22. The van der Waals surface area contributed by atoms with E-state index in [0.29, 0.717) is 0 Å². The molecule has 0 aliphatic heterocycles. The molecular weight excluding hydrogens is 186 g/mol. The number of anilines is 1. The van der Waals surface area contributed by atoms with Gasteiger partial charge in [-0.1, -0.05) is 56.2 Å². The Morgan fingerprint density at radius 1 is 1.07 bits per heavy atom. The van der Waals surface area contributed by atoms with Crippen molar-refractivity contribution >= 4 is 18.9 Å². The molecule has 2 N–H and O–H groups in total. The average molecular weight is 207 g/mol. The summed E-state index contributed by atoms with van der Waals surface area (Å²) in [7, 11) is -1.20. The van der Waals surface area contributed by atoms with Crippen LogP contribution < -0.4 is 10.9 Å². The lowest BCUT2D eigenvalue weighted by Gasteiger charge is -2.28. The third-order valence-corrected chi connectivity index (χ3v) is 9.13. The smallest absolute Gasteiger partial charge is 0.0860 e. The molecule has 0 aliphatic rings. The Morgan fingerprint density at radius 3 is 2.07 bits per heavy atom. The van der Waals surface area contributed by atoms with Gasteiger partial charge in [-0.2, -0.15) is 0 Å². The molecule has 0 heterocycles. The summed E-state index contributed by atoms with van der Waals surface area (Å²) in [5.74, 6) is 0. The molecule has 0 bridgehead atoms. The van der Waals surface area contributed by atoms with Gasteiger partial charge in [-0.15, -0.1) is 0 Å². The fourth-order valence-corrected chi connectivity index (χ4v) is 5.88. The summed E-state index contributed by atoms with van der Waals surface area (Å²) in [5, 5.41) is 1.53. The van der Waals surface area contributed by atoms with Gasteiger partial charge in [0.05, 0.1) is 8.07 Å². The largest absolute Gasteiger partial charge is 0.399 e. The van der Waals surface area contributed by atoms with Crippen LogP contribution in [0, 0.1) is 0 Å². The lowest BCUT2D eigenvalue weighted by atomic mass is 10.3. The minimum atomic E-state index is -1.20. The summed E-state index contributed by atoms with van der Waals surface area (Å²) in [6, 6.07) is 12.5. The summed E-state index contributed by atoms with van der Waals surface area (Å²) in [4.78, 5) is 0. The van der Waals surface area contributed by atoms with E-state index in [1.807, 2.05) is 6.07 Å². The highest BCUT2D eigenvalue weighted by Gasteiger charge is 2.28. The molecule has 78 valence electrons. The van der Waals surface area contributed by atoms with E-state index in [2.05, 4.69) is 39.0 Å². The zero-order chi connectivity index (χ0) is 10.6. The Balaban J connectivity index is 3.10. The normalized spacial score (nSPS) is 11.6. The van der Waals surface area contributed by atoms with Crippen molar-refractivity contribution < 1.29 is 0 Å². The highest BCUT2D eigenvalue weighted by molar-refractivity contribution is 6.91.